The lowest BCUT2D eigenvalue weighted by molar-refractivity contribution is -0.137. The van der Waals surface area contributed by atoms with Gasteiger partial charge in [0.2, 0.25) is 11.8 Å². The molecule has 2 aliphatic rings. The first-order valence-electron chi connectivity index (χ1n) is 20.1. The molecule has 0 radical (unpaired) electrons. The number of likely N-dealkylation sites (tertiary alicyclic amines) is 2. The summed E-state index contributed by atoms with van der Waals surface area (Å²) in [7, 11) is 2.58. The number of amides is 4. The van der Waals surface area contributed by atoms with Gasteiger partial charge in [0, 0.05) is 29.6 Å². The van der Waals surface area contributed by atoms with Gasteiger partial charge in [0.25, 0.3) is 0 Å². The lowest BCUT2D eigenvalue weighted by Gasteiger charge is -2.35. The molecule has 0 spiro atoms. The molecule has 3 aromatic heterocycles. The van der Waals surface area contributed by atoms with E-state index in [9.17, 15) is 19.2 Å². The molecule has 0 saturated carbocycles. The van der Waals surface area contributed by atoms with Crippen molar-refractivity contribution in [1.29, 1.82) is 0 Å². The molecule has 312 valence electrons. The Morgan fingerprint density at radius 3 is 1.63 bits per heavy atom. The molecule has 4 amide bonds. The summed E-state index contributed by atoms with van der Waals surface area (Å²) in [6.45, 7) is 12.6. The highest BCUT2D eigenvalue weighted by Crippen LogP contribution is 2.37. The van der Waals surface area contributed by atoms with Gasteiger partial charge < -0.3 is 44.3 Å². The van der Waals surface area contributed by atoms with Crippen molar-refractivity contribution in [2.75, 3.05) is 27.3 Å². The second-order valence-electron chi connectivity index (χ2n) is 17.6. The molecule has 5 heterocycles. The Balaban J connectivity index is 1.04. The Hall–Kier alpha value is -6.12. The normalized spacial score (nSPS) is 18.2. The second kappa shape index (κ2) is 16.3. The minimum Gasteiger partial charge on any atom is -0.456 e. The van der Waals surface area contributed by atoms with E-state index in [-0.39, 0.29) is 23.9 Å². The van der Waals surface area contributed by atoms with Crippen molar-refractivity contribution in [1.82, 2.24) is 40.4 Å². The van der Waals surface area contributed by atoms with E-state index >= 15 is 0 Å². The van der Waals surface area contributed by atoms with Crippen LogP contribution in [0.5, 0.6) is 0 Å². The van der Waals surface area contributed by atoms with Crippen molar-refractivity contribution in [3.63, 3.8) is 0 Å². The third kappa shape index (κ3) is 8.55. The number of H-pyrrole nitrogens is 2. The molecule has 0 aliphatic carbocycles. The minimum absolute atomic E-state index is 0.161. The number of carbonyl (C=O) groups excluding carboxylic acids is 4. The number of rotatable bonds is 9. The van der Waals surface area contributed by atoms with Gasteiger partial charge in [-0.1, -0.05) is 65.8 Å². The molecule has 15 heteroatoms. The standard InChI is InChI=1S/C44H54N8O7/c1-43(2,3)35(49-41(55)57-7)39(53)51-19-9-11-31(51)37-45-23-29(47-37)25-13-15-26(16-14-25)34-22-28-21-27(17-18-33(28)59-34)30-24-46-38(48-30)32-12-10-20-52(32)40(54)36(44(4,5)6)50-42(56)58-8/h13-18,21-24,31-32,35-36H,9-12,19-20H2,1-8H3,(H,45,47)(H,46,48)(H,49,55)(H,50,56)/t31-,32-,35+,36+/m0/s1. The van der Waals surface area contributed by atoms with Crippen molar-refractivity contribution < 1.29 is 33.1 Å². The summed E-state index contributed by atoms with van der Waals surface area (Å²) in [6, 6.07) is 14.0. The van der Waals surface area contributed by atoms with Crippen molar-refractivity contribution >= 4 is 35.0 Å². The quantitative estimate of drug-likeness (QED) is 0.116. The zero-order chi connectivity index (χ0) is 42.2. The zero-order valence-corrected chi connectivity index (χ0v) is 35.0. The van der Waals surface area contributed by atoms with Crippen molar-refractivity contribution in [3.05, 3.63) is 72.6 Å². The number of methoxy groups -OCH3 is 2. The number of furan rings is 1. The van der Waals surface area contributed by atoms with Gasteiger partial charge in [-0.25, -0.2) is 19.6 Å². The number of benzene rings is 2. The van der Waals surface area contributed by atoms with Crippen LogP contribution in [0.4, 0.5) is 9.59 Å². The minimum atomic E-state index is -0.754. The summed E-state index contributed by atoms with van der Waals surface area (Å²) in [5, 5.41) is 6.40. The number of nitrogens with zero attached hydrogens (tertiary/aromatic N) is 4. The Morgan fingerprint density at radius 2 is 1.15 bits per heavy atom. The number of fused-ring (bicyclic) bond motifs is 1. The van der Waals surface area contributed by atoms with Crippen LogP contribution in [-0.4, -0.2) is 93.1 Å². The van der Waals surface area contributed by atoms with Crippen molar-refractivity contribution in [2.45, 2.75) is 91.4 Å². The van der Waals surface area contributed by atoms with Gasteiger partial charge in [0.15, 0.2) is 0 Å². The lowest BCUT2D eigenvalue weighted by atomic mass is 9.85. The number of aromatic nitrogens is 4. The van der Waals surface area contributed by atoms with Crippen LogP contribution in [0.25, 0.3) is 44.8 Å². The van der Waals surface area contributed by atoms with Crippen molar-refractivity contribution in [3.8, 4) is 33.8 Å². The largest absolute Gasteiger partial charge is 0.456 e. The number of imidazole rings is 2. The average Bonchev–Trinajstić information content (AvgIpc) is 4.06. The Bertz CT molecular complexity index is 2330. The first kappa shape index (κ1) is 41.1. The summed E-state index contributed by atoms with van der Waals surface area (Å²) in [4.78, 5) is 71.7. The highest BCUT2D eigenvalue weighted by Gasteiger charge is 2.42. The molecular weight excluding hydrogens is 753 g/mol. The summed E-state index contributed by atoms with van der Waals surface area (Å²) in [5.74, 6) is 1.80. The van der Waals surface area contributed by atoms with Crippen LogP contribution in [0, 0.1) is 10.8 Å². The van der Waals surface area contributed by atoms with E-state index in [4.69, 9.17) is 18.9 Å². The fourth-order valence-corrected chi connectivity index (χ4v) is 8.08. The molecule has 0 unspecified atom stereocenters. The molecule has 5 aromatic rings. The molecule has 4 atom stereocenters. The smallest absolute Gasteiger partial charge is 0.407 e. The predicted octanol–water partition coefficient (Wildman–Crippen LogP) is 7.75. The van der Waals surface area contributed by atoms with E-state index in [1.807, 2.05) is 84.0 Å². The highest BCUT2D eigenvalue weighted by molar-refractivity contribution is 5.89. The number of nitrogens with one attached hydrogen (secondary N) is 4. The van der Waals surface area contributed by atoms with Gasteiger partial charge >= 0.3 is 12.2 Å². The molecule has 2 saturated heterocycles. The third-order valence-electron chi connectivity index (χ3n) is 11.3. The molecule has 0 bridgehead atoms. The number of alkyl carbamates (subject to hydrolysis) is 2. The van der Waals surface area contributed by atoms with Crippen LogP contribution in [-0.2, 0) is 19.1 Å². The number of ether oxygens (including phenoxy) is 2. The molecular formula is C44H54N8O7. The predicted molar refractivity (Wildman–Crippen MR) is 222 cm³/mol. The van der Waals surface area contributed by atoms with Crippen LogP contribution < -0.4 is 10.6 Å². The van der Waals surface area contributed by atoms with Gasteiger partial charge in [-0.15, -0.1) is 0 Å². The van der Waals surface area contributed by atoms with Crippen LogP contribution in [0.15, 0.2) is 65.3 Å². The fraction of sp³-hybridized carbons (Fsp3) is 0.455. The number of hydrogen-bond acceptors (Lipinski definition) is 9. The van der Waals surface area contributed by atoms with Crippen molar-refractivity contribution in [2.24, 2.45) is 10.8 Å². The van der Waals surface area contributed by atoms with E-state index in [0.717, 1.165) is 70.5 Å². The zero-order valence-electron chi connectivity index (χ0n) is 35.0. The molecule has 15 nitrogen and oxygen atoms in total. The number of carbonyl (C=O) groups is 4. The monoisotopic (exact) mass is 806 g/mol. The fourth-order valence-electron chi connectivity index (χ4n) is 8.08. The number of aromatic amines is 2. The molecule has 2 aliphatic heterocycles. The van der Waals surface area contributed by atoms with Crippen LogP contribution in [0.2, 0.25) is 0 Å². The molecule has 7 rings (SSSR count). The summed E-state index contributed by atoms with van der Waals surface area (Å²) in [6.07, 6.45) is 5.48. The first-order chi connectivity index (χ1) is 28.0. The summed E-state index contributed by atoms with van der Waals surface area (Å²) in [5.41, 5.74) is 4.14. The average molecular weight is 807 g/mol. The van der Waals surface area contributed by atoms with E-state index in [2.05, 4.69) is 31.7 Å². The molecule has 2 fully saturated rings. The van der Waals surface area contributed by atoms with Gasteiger partial charge in [-0.2, -0.15) is 0 Å². The topological polar surface area (TPSA) is 188 Å². The van der Waals surface area contributed by atoms with Gasteiger partial charge in [-0.3, -0.25) is 9.59 Å². The van der Waals surface area contributed by atoms with Crippen LogP contribution in [0.1, 0.15) is 91.0 Å². The van der Waals surface area contributed by atoms with E-state index in [1.54, 1.807) is 22.2 Å². The second-order valence-corrected chi connectivity index (χ2v) is 17.6. The Labute approximate surface area is 343 Å². The van der Waals surface area contributed by atoms with Gasteiger partial charge in [0.05, 0.1) is 50.1 Å². The van der Waals surface area contributed by atoms with E-state index in [0.29, 0.717) is 24.7 Å². The summed E-state index contributed by atoms with van der Waals surface area (Å²) >= 11 is 0. The maximum atomic E-state index is 13.8. The van der Waals surface area contributed by atoms with Crippen LogP contribution in [0.3, 0.4) is 0 Å². The number of hydrogen-bond donors (Lipinski definition) is 4. The third-order valence-corrected chi connectivity index (χ3v) is 11.3. The maximum Gasteiger partial charge on any atom is 0.407 e. The van der Waals surface area contributed by atoms with Crippen LogP contribution >= 0.6 is 0 Å². The maximum absolute atomic E-state index is 13.8. The Kier molecular flexibility index (Phi) is 11.3. The first-order valence-corrected chi connectivity index (χ1v) is 20.1. The highest BCUT2D eigenvalue weighted by atomic mass is 16.5. The molecule has 2 aromatic carbocycles. The lowest BCUT2D eigenvalue weighted by Crippen LogP contribution is -2.54. The van der Waals surface area contributed by atoms with Gasteiger partial charge in [0.1, 0.15) is 35.1 Å². The SMILES string of the molecule is COC(=O)N[C@H](C(=O)N1CCC[C@H]1c1ncc(-c2ccc(-c3cc4cc(-c5cnc([C@@H]6CCCN6C(=O)[C@@H](NC(=O)OC)C(C)(C)C)[nH]5)ccc4o3)cc2)[nH]1)C(C)(C)C. The van der Waals surface area contributed by atoms with Gasteiger partial charge in [-0.05, 0) is 66.3 Å². The summed E-state index contributed by atoms with van der Waals surface area (Å²) < 4.78 is 15.9. The van der Waals surface area contributed by atoms with E-state index < -0.39 is 35.1 Å². The Morgan fingerprint density at radius 1 is 0.695 bits per heavy atom. The van der Waals surface area contributed by atoms with E-state index in [1.165, 1.54) is 14.2 Å². The molecule has 59 heavy (non-hydrogen) atoms. The molecule has 4 N–H and O–H groups in total.